The monoisotopic (exact) mass is 237 g/mol. The Hall–Kier alpha value is -1.63. The van der Waals surface area contributed by atoms with E-state index in [0.717, 1.165) is 6.42 Å². The molecule has 0 atom stereocenters. The van der Waals surface area contributed by atoms with Crippen molar-refractivity contribution in [2.45, 2.75) is 41.0 Å². The molecule has 0 aliphatic heterocycles. The van der Waals surface area contributed by atoms with Crippen LogP contribution < -0.4 is 0 Å². The highest BCUT2D eigenvalue weighted by molar-refractivity contribution is 5.82. The number of benzene rings is 1. The lowest BCUT2D eigenvalue weighted by molar-refractivity contribution is 1.08. The number of nitrogens with zero attached hydrogens (tertiary/aromatic N) is 1. The molecule has 0 fully saturated rings. The number of pyridine rings is 1. The molecule has 0 amide bonds. The maximum Gasteiger partial charge on any atom is 0.0529 e. The summed E-state index contributed by atoms with van der Waals surface area (Å²) in [5.74, 6) is 0. The molecule has 1 aliphatic carbocycles. The van der Waals surface area contributed by atoms with E-state index in [9.17, 15) is 0 Å². The van der Waals surface area contributed by atoms with Gasteiger partial charge in [-0.2, -0.15) is 0 Å². The van der Waals surface area contributed by atoms with Crippen LogP contribution in [0.25, 0.3) is 11.1 Å². The van der Waals surface area contributed by atoms with E-state index in [2.05, 4.69) is 45.7 Å². The van der Waals surface area contributed by atoms with E-state index in [1.165, 1.54) is 50.2 Å². The second-order valence-electron chi connectivity index (χ2n) is 5.55. The third-order valence-corrected chi connectivity index (χ3v) is 4.44. The molecule has 0 saturated heterocycles. The van der Waals surface area contributed by atoms with Crippen molar-refractivity contribution < 1.29 is 0 Å². The highest BCUT2D eigenvalue weighted by atomic mass is 14.7. The molecule has 1 heteroatoms. The lowest BCUT2D eigenvalue weighted by Crippen LogP contribution is -1.94. The van der Waals surface area contributed by atoms with Crippen molar-refractivity contribution in [3.05, 3.63) is 51.3 Å². The fourth-order valence-corrected chi connectivity index (χ4v) is 3.12. The first-order valence-corrected chi connectivity index (χ1v) is 6.55. The molecular formula is C17H19N. The minimum absolute atomic E-state index is 1.00. The first-order chi connectivity index (χ1) is 8.50. The summed E-state index contributed by atoms with van der Waals surface area (Å²) in [6.07, 6.45) is 3.01. The smallest absolute Gasteiger partial charge is 0.0529 e. The highest BCUT2D eigenvalue weighted by Gasteiger charge is 2.25. The summed E-state index contributed by atoms with van der Waals surface area (Å²) in [7, 11) is 0. The summed E-state index contributed by atoms with van der Waals surface area (Å²) >= 11 is 0. The van der Waals surface area contributed by atoms with Gasteiger partial charge in [-0.05, 0) is 73.6 Å². The second kappa shape index (κ2) is 3.68. The fraction of sp³-hybridized carbons (Fsp3) is 0.353. The summed E-state index contributed by atoms with van der Waals surface area (Å²) < 4.78 is 0. The Bertz CT molecular complexity index is 666. The molecule has 0 unspecified atom stereocenters. The van der Waals surface area contributed by atoms with Gasteiger partial charge in [0.1, 0.15) is 0 Å². The van der Waals surface area contributed by atoms with Gasteiger partial charge in [0.2, 0.25) is 0 Å². The minimum Gasteiger partial charge on any atom is -0.260 e. The Balaban J connectivity index is 2.41. The first kappa shape index (κ1) is 11.5. The quantitative estimate of drug-likeness (QED) is 0.571. The molecule has 1 nitrogen and oxygen atoms in total. The number of fused-ring (bicyclic) bond motifs is 3. The Morgan fingerprint density at radius 1 is 0.833 bits per heavy atom. The summed E-state index contributed by atoms with van der Waals surface area (Å²) in [4.78, 5) is 4.65. The molecule has 0 radical (unpaired) electrons. The fourth-order valence-electron chi connectivity index (χ4n) is 3.12. The number of hydrogen-bond acceptors (Lipinski definition) is 1. The Morgan fingerprint density at radius 3 is 2.28 bits per heavy atom. The van der Waals surface area contributed by atoms with Gasteiger partial charge in [0.15, 0.2) is 0 Å². The van der Waals surface area contributed by atoms with Crippen LogP contribution in [0.2, 0.25) is 0 Å². The van der Waals surface area contributed by atoms with Crippen molar-refractivity contribution in [3.8, 4) is 11.1 Å². The molecule has 1 aromatic heterocycles. The first-order valence-electron chi connectivity index (χ1n) is 6.55. The predicted octanol–water partition coefficient (Wildman–Crippen LogP) is 4.19. The van der Waals surface area contributed by atoms with Crippen molar-refractivity contribution >= 4 is 0 Å². The maximum atomic E-state index is 4.65. The molecular weight excluding hydrogens is 218 g/mol. The van der Waals surface area contributed by atoms with Crippen LogP contribution >= 0.6 is 0 Å². The third-order valence-electron chi connectivity index (χ3n) is 4.44. The van der Waals surface area contributed by atoms with E-state index in [1.807, 2.05) is 6.20 Å². The van der Waals surface area contributed by atoms with E-state index in [-0.39, 0.29) is 0 Å². The van der Waals surface area contributed by atoms with Crippen molar-refractivity contribution in [1.82, 2.24) is 4.98 Å². The number of rotatable bonds is 0. The van der Waals surface area contributed by atoms with E-state index in [4.69, 9.17) is 0 Å². The van der Waals surface area contributed by atoms with Crippen molar-refractivity contribution in [2.24, 2.45) is 0 Å². The van der Waals surface area contributed by atoms with Crippen LogP contribution in [0.3, 0.4) is 0 Å². The Morgan fingerprint density at radius 2 is 1.56 bits per heavy atom. The van der Waals surface area contributed by atoms with Crippen LogP contribution in [0.5, 0.6) is 0 Å². The summed E-state index contributed by atoms with van der Waals surface area (Å²) in [5.41, 5.74) is 12.5. The summed E-state index contributed by atoms with van der Waals surface area (Å²) in [6, 6.07) is 2.31. The van der Waals surface area contributed by atoms with E-state index >= 15 is 0 Å². The van der Waals surface area contributed by atoms with E-state index in [1.54, 1.807) is 0 Å². The minimum atomic E-state index is 1.00. The topological polar surface area (TPSA) is 12.9 Å². The largest absolute Gasteiger partial charge is 0.260 e. The second-order valence-corrected chi connectivity index (χ2v) is 5.55. The van der Waals surface area contributed by atoms with Gasteiger partial charge in [-0.15, -0.1) is 0 Å². The maximum absolute atomic E-state index is 4.65. The van der Waals surface area contributed by atoms with E-state index < -0.39 is 0 Å². The van der Waals surface area contributed by atoms with E-state index in [0.29, 0.717) is 0 Å². The van der Waals surface area contributed by atoms with Crippen LogP contribution in [0.15, 0.2) is 12.3 Å². The highest BCUT2D eigenvalue weighted by Crippen LogP contribution is 2.42. The molecule has 3 rings (SSSR count). The molecule has 0 N–H and O–H groups in total. The standard InChI is InChI=1S/C17H19N/c1-9-6-10(2)16-14(12(9)4)7-15-17(16)13(5)11(3)8-18-15/h6,8H,7H2,1-5H3. The molecule has 92 valence electrons. The molecule has 0 spiro atoms. The van der Waals surface area contributed by atoms with Gasteiger partial charge in [0.25, 0.3) is 0 Å². The van der Waals surface area contributed by atoms with Crippen LogP contribution in [-0.2, 0) is 6.42 Å². The third kappa shape index (κ3) is 1.37. The zero-order valence-electron chi connectivity index (χ0n) is 11.8. The van der Waals surface area contributed by atoms with Gasteiger partial charge in [0, 0.05) is 18.2 Å². The molecule has 0 bridgehead atoms. The molecule has 0 saturated carbocycles. The number of hydrogen-bond donors (Lipinski definition) is 0. The van der Waals surface area contributed by atoms with Crippen molar-refractivity contribution in [1.29, 1.82) is 0 Å². The van der Waals surface area contributed by atoms with Gasteiger partial charge >= 0.3 is 0 Å². The Kier molecular flexibility index (Phi) is 2.34. The molecule has 18 heavy (non-hydrogen) atoms. The van der Waals surface area contributed by atoms with Gasteiger partial charge in [0.05, 0.1) is 5.69 Å². The van der Waals surface area contributed by atoms with Crippen LogP contribution in [0, 0.1) is 34.6 Å². The number of aromatic nitrogens is 1. The summed E-state index contributed by atoms with van der Waals surface area (Å²) in [6.45, 7) is 11.0. The lowest BCUT2D eigenvalue weighted by Gasteiger charge is -2.13. The van der Waals surface area contributed by atoms with Gasteiger partial charge in [-0.25, -0.2) is 0 Å². The molecule has 1 heterocycles. The molecule has 1 aromatic carbocycles. The summed E-state index contributed by atoms with van der Waals surface area (Å²) in [5, 5.41) is 0. The Labute approximate surface area is 109 Å². The average Bonchev–Trinajstić information content (AvgIpc) is 2.72. The lowest BCUT2D eigenvalue weighted by atomic mass is 9.92. The van der Waals surface area contributed by atoms with Crippen molar-refractivity contribution in [2.75, 3.05) is 0 Å². The van der Waals surface area contributed by atoms with Gasteiger partial charge < -0.3 is 0 Å². The normalized spacial score (nSPS) is 12.5. The zero-order chi connectivity index (χ0) is 13.0. The predicted molar refractivity (Wildman–Crippen MR) is 76.2 cm³/mol. The van der Waals surface area contributed by atoms with Crippen LogP contribution in [-0.4, -0.2) is 4.98 Å². The average molecular weight is 237 g/mol. The SMILES string of the molecule is Cc1cc(C)c2c(c1C)Cc1ncc(C)c(C)c1-2. The van der Waals surface area contributed by atoms with Gasteiger partial charge in [-0.3, -0.25) is 4.98 Å². The van der Waals surface area contributed by atoms with Crippen LogP contribution in [0.4, 0.5) is 0 Å². The van der Waals surface area contributed by atoms with Crippen molar-refractivity contribution in [3.63, 3.8) is 0 Å². The molecule has 1 aliphatic rings. The zero-order valence-corrected chi connectivity index (χ0v) is 11.8. The van der Waals surface area contributed by atoms with Gasteiger partial charge in [-0.1, -0.05) is 6.07 Å². The molecule has 2 aromatic rings. The van der Waals surface area contributed by atoms with Crippen LogP contribution in [0.1, 0.15) is 39.1 Å². The number of aryl methyl sites for hydroxylation is 3.